The SMILES string of the molecule is CCc1c(C)sc2nc(C)nc(SCC(=O)Nc3ccc(F)cc3)c12. The van der Waals surface area contributed by atoms with Crippen LogP contribution in [0.15, 0.2) is 29.3 Å². The average molecular weight is 375 g/mol. The number of rotatable bonds is 5. The molecule has 0 unspecified atom stereocenters. The molecule has 0 aliphatic carbocycles. The van der Waals surface area contributed by atoms with E-state index in [9.17, 15) is 9.18 Å². The van der Waals surface area contributed by atoms with E-state index in [1.165, 1.54) is 34.3 Å². The van der Waals surface area contributed by atoms with Crippen molar-refractivity contribution in [1.82, 2.24) is 9.97 Å². The zero-order valence-corrected chi connectivity index (χ0v) is 15.9. The number of carbonyl (C=O) groups excluding carboxylic acids is 1. The number of fused-ring (bicyclic) bond motifs is 1. The monoisotopic (exact) mass is 375 g/mol. The molecule has 1 aromatic carbocycles. The second-order valence-electron chi connectivity index (χ2n) is 5.59. The molecular formula is C18H18FN3OS2. The Hall–Kier alpha value is -1.99. The van der Waals surface area contributed by atoms with Crippen molar-refractivity contribution in [2.75, 3.05) is 11.1 Å². The number of amides is 1. The van der Waals surface area contributed by atoms with E-state index in [1.807, 2.05) is 6.92 Å². The van der Waals surface area contributed by atoms with Crippen LogP contribution in [0.2, 0.25) is 0 Å². The molecule has 3 rings (SSSR count). The molecule has 2 aromatic heterocycles. The number of benzene rings is 1. The van der Waals surface area contributed by atoms with Gasteiger partial charge < -0.3 is 5.32 Å². The molecule has 4 nitrogen and oxygen atoms in total. The van der Waals surface area contributed by atoms with Crippen molar-refractivity contribution in [2.45, 2.75) is 32.2 Å². The van der Waals surface area contributed by atoms with Gasteiger partial charge in [0, 0.05) is 16.0 Å². The standard InChI is InChI=1S/C18H18FN3OS2/c1-4-14-10(2)25-18-16(14)17(20-11(3)21-18)24-9-15(23)22-13-7-5-12(19)6-8-13/h5-8H,4,9H2,1-3H3,(H,22,23). The highest BCUT2D eigenvalue weighted by atomic mass is 32.2. The lowest BCUT2D eigenvalue weighted by atomic mass is 10.1. The number of thioether (sulfide) groups is 1. The molecule has 0 spiro atoms. The first-order valence-corrected chi connectivity index (χ1v) is 9.73. The summed E-state index contributed by atoms with van der Waals surface area (Å²) < 4.78 is 12.9. The maximum absolute atomic E-state index is 12.9. The summed E-state index contributed by atoms with van der Waals surface area (Å²) in [7, 11) is 0. The molecule has 0 saturated carbocycles. The van der Waals surface area contributed by atoms with Crippen LogP contribution in [0.3, 0.4) is 0 Å². The number of nitrogens with zero attached hydrogens (tertiary/aromatic N) is 2. The molecule has 1 N–H and O–H groups in total. The third kappa shape index (κ3) is 3.99. The molecule has 0 aliphatic rings. The molecule has 0 radical (unpaired) electrons. The fourth-order valence-electron chi connectivity index (χ4n) is 2.63. The summed E-state index contributed by atoms with van der Waals surface area (Å²) in [5.41, 5.74) is 1.83. The number of hydrogen-bond acceptors (Lipinski definition) is 5. The molecule has 7 heteroatoms. The Labute approximate surface area is 153 Å². The summed E-state index contributed by atoms with van der Waals surface area (Å²) in [5.74, 6) is 0.469. The highest BCUT2D eigenvalue weighted by Gasteiger charge is 2.16. The number of anilines is 1. The van der Waals surface area contributed by atoms with Gasteiger partial charge in [0.2, 0.25) is 5.91 Å². The zero-order valence-electron chi connectivity index (χ0n) is 14.2. The van der Waals surface area contributed by atoms with E-state index in [1.54, 1.807) is 23.5 Å². The minimum atomic E-state index is -0.328. The lowest BCUT2D eigenvalue weighted by Gasteiger charge is -2.07. The Balaban J connectivity index is 1.78. The number of carbonyl (C=O) groups is 1. The lowest BCUT2D eigenvalue weighted by molar-refractivity contribution is -0.113. The Morgan fingerprint density at radius 3 is 2.64 bits per heavy atom. The first kappa shape index (κ1) is 17.8. The third-order valence-electron chi connectivity index (χ3n) is 3.75. The van der Waals surface area contributed by atoms with E-state index in [0.717, 1.165) is 21.7 Å². The summed E-state index contributed by atoms with van der Waals surface area (Å²) in [5, 5.41) is 4.68. The Bertz CT molecular complexity index is 922. The van der Waals surface area contributed by atoms with Gasteiger partial charge in [0.05, 0.1) is 5.75 Å². The highest BCUT2D eigenvalue weighted by molar-refractivity contribution is 8.00. The summed E-state index contributed by atoms with van der Waals surface area (Å²) in [6, 6.07) is 5.73. The van der Waals surface area contributed by atoms with Crippen LogP contribution in [-0.2, 0) is 11.2 Å². The molecule has 0 fully saturated rings. The van der Waals surface area contributed by atoms with E-state index in [-0.39, 0.29) is 17.5 Å². The predicted molar refractivity (Wildman–Crippen MR) is 102 cm³/mol. The van der Waals surface area contributed by atoms with Gasteiger partial charge in [0.1, 0.15) is 21.5 Å². The van der Waals surface area contributed by atoms with E-state index in [4.69, 9.17) is 0 Å². The van der Waals surface area contributed by atoms with Gasteiger partial charge in [-0.1, -0.05) is 18.7 Å². The number of aryl methyl sites for hydroxylation is 3. The Morgan fingerprint density at radius 2 is 1.96 bits per heavy atom. The van der Waals surface area contributed by atoms with Crippen molar-refractivity contribution in [3.05, 3.63) is 46.3 Å². The second-order valence-corrected chi connectivity index (χ2v) is 7.76. The largest absolute Gasteiger partial charge is 0.325 e. The predicted octanol–water partition coefficient (Wildman–Crippen LogP) is 4.74. The van der Waals surface area contributed by atoms with E-state index in [0.29, 0.717) is 11.5 Å². The van der Waals surface area contributed by atoms with E-state index in [2.05, 4.69) is 29.1 Å². The van der Waals surface area contributed by atoms with Crippen LogP contribution in [0.5, 0.6) is 0 Å². The molecule has 130 valence electrons. The van der Waals surface area contributed by atoms with Gasteiger partial charge in [-0.25, -0.2) is 14.4 Å². The minimum Gasteiger partial charge on any atom is -0.325 e. The Morgan fingerprint density at radius 1 is 1.24 bits per heavy atom. The van der Waals surface area contributed by atoms with Crippen LogP contribution in [0.25, 0.3) is 10.2 Å². The van der Waals surface area contributed by atoms with Crippen molar-refractivity contribution in [1.29, 1.82) is 0 Å². The fraction of sp³-hybridized carbons (Fsp3) is 0.278. The molecule has 1 amide bonds. The van der Waals surface area contributed by atoms with Gasteiger partial charge in [0.25, 0.3) is 0 Å². The van der Waals surface area contributed by atoms with Crippen molar-refractivity contribution in [3.8, 4) is 0 Å². The Kier molecular flexibility index (Phi) is 5.34. The number of thiophene rings is 1. The van der Waals surface area contributed by atoms with Gasteiger partial charge >= 0.3 is 0 Å². The molecule has 0 saturated heterocycles. The molecule has 0 bridgehead atoms. The van der Waals surface area contributed by atoms with Crippen molar-refractivity contribution < 1.29 is 9.18 Å². The zero-order chi connectivity index (χ0) is 18.0. The molecule has 3 aromatic rings. The van der Waals surface area contributed by atoms with E-state index < -0.39 is 0 Å². The maximum Gasteiger partial charge on any atom is 0.234 e. The van der Waals surface area contributed by atoms with Crippen LogP contribution in [0, 0.1) is 19.7 Å². The summed E-state index contributed by atoms with van der Waals surface area (Å²) in [4.78, 5) is 23.5. The van der Waals surface area contributed by atoms with Gasteiger partial charge in [-0.2, -0.15) is 0 Å². The maximum atomic E-state index is 12.9. The highest BCUT2D eigenvalue weighted by Crippen LogP contribution is 2.35. The minimum absolute atomic E-state index is 0.147. The summed E-state index contributed by atoms with van der Waals surface area (Å²) >= 11 is 3.08. The fourth-order valence-corrected chi connectivity index (χ4v) is 4.76. The van der Waals surface area contributed by atoms with E-state index >= 15 is 0 Å². The van der Waals surface area contributed by atoms with Gasteiger partial charge in [-0.3, -0.25) is 4.79 Å². The second kappa shape index (κ2) is 7.49. The molecule has 0 atom stereocenters. The number of halogens is 1. The number of aromatic nitrogens is 2. The smallest absolute Gasteiger partial charge is 0.234 e. The number of hydrogen-bond donors (Lipinski definition) is 1. The topological polar surface area (TPSA) is 54.9 Å². The van der Waals surface area contributed by atoms with Crippen LogP contribution in [0.4, 0.5) is 10.1 Å². The van der Waals surface area contributed by atoms with Crippen LogP contribution in [0.1, 0.15) is 23.2 Å². The number of nitrogens with one attached hydrogen (secondary N) is 1. The van der Waals surface area contributed by atoms with Crippen molar-refractivity contribution >= 4 is 44.9 Å². The molecular weight excluding hydrogens is 357 g/mol. The van der Waals surface area contributed by atoms with Gasteiger partial charge in [-0.05, 0) is 50.1 Å². The normalized spacial score (nSPS) is 11.0. The van der Waals surface area contributed by atoms with Crippen LogP contribution < -0.4 is 5.32 Å². The van der Waals surface area contributed by atoms with Crippen molar-refractivity contribution in [3.63, 3.8) is 0 Å². The van der Waals surface area contributed by atoms with Crippen LogP contribution in [-0.4, -0.2) is 21.6 Å². The van der Waals surface area contributed by atoms with Crippen molar-refractivity contribution in [2.24, 2.45) is 0 Å². The third-order valence-corrected chi connectivity index (χ3v) is 5.77. The quantitative estimate of drug-likeness (QED) is 0.517. The van der Waals surface area contributed by atoms with Gasteiger partial charge in [-0.15, -0.1) is 11.3 Å². The summed E-state index contributed by atoms with van der Waals surface area (Å²) in [6.07, 6.45) is 0.910. The molecule has 25 heavy (non-hydrogen) atoms. The molecule has 0 aliphatic heterocycles. The summed E-state index contributed by atoms with van der Waals surface area (Å²) in [6.45, 7) is 6.07. The molecule has 2 heterocycles. The lowest BCUT2D eigenvalue weighted by Crippen LogP contribution is -2.14. The first-order valence-electron chi connectivity index (χ1n) is 7.92. The van der Waals surface area contributed by atoms with Crippen LogP contribution >= 0.6 is 23.1 Å². The first-order chi connectivity index (χ1) is 12.0. The van der Waals surface area contributed by atoms with Gasteiger partial charge in [0.15, 0.2) is 0 Å². The average Bonchev–Trinajstić information content (AvgIpc) is 2.89.